The van der Waals surface area contributed by atoms with E-state index in [-0.39, 0.29) is 18.5 Å². The predicted octanol–water partition coefficient (Wildman–Crippen LogP) is 21.0. The lowest BCUT2D eigenvalue weighted by atomic mass is 10.0. The lowest BCUT2D eigenvalue weighted by Crippen LogP contribution is -2.45. The molecule has 0 spiro atoms. The fourth-order valence-electron chi connectivity index (χ4n) is 10.4. The smallest absolute Gasteiger partial charge is 0.305 e. The van der Waals surface area contributed by atoms with Crippen molar-refractivity contribution in [3.63, 3.8) is 0 Å². The number of aliphatic hydroxyl groups is 2. The van der Waals surface area contributed by atoms with E-state index < -0.39 is 12.1 Å². The predicted molar refractivity (Wildman–Crippen MR) is 320 cm³/mol. The number of unbranched alkanes of at least 4 members (excludes halogenated alkanes) is 47. The fraction of sp³-hybridized carbons (Fsp3) is 0.910. The maximum absolute atomic E-state index is 12.5. The van der Waals surface area contributed by atoms with E-state index in [1.807, 2.05) is 0 Å². The van der Waals surface area contributed by atoms with E-state index in [9.17, 15) is 19.8 Å². The first-order valence-corrected chi connectivity index (χ1v) is 33.1. The molecule has 0 aliphatic carbocycles. The topological polar surface area (TPSA) is 95.9 Å². The molecular formula is C67H129NO5. The average Bonchev–Trinajstić information content (AvgIpc) is 3.39. The van der Waals surface area contributed by atoms with Gasteiger partial charge in [0.2, 0.25) is 5.91 Å². The SMILES string of the molecule is CCCCC/C=C\C/C=C\CCCCCCCCCC(=O)OCCCCCCCCCCCCCCCCCCCCCCCCCCCCCCC(=O)NC(CO)C(O)CCCCCCCCCCCCC. The molecule has 432 valence electrons. The quantitative estimate of drug-likeness (QED) is 0.0320. The highest BCUT2D eigenvalue weighted by molar-refractivity contribution is 5.76. The molecule has 0 aliphatic heterocycles. The van der Waals surface area contributed by atoms with Crippen molar-refractivity contribution < 1.29 is 24.5 Å². The van der Waals surface area contributed by atoms with Crippen LogP contribution in [0.1, 0.15) is 367 Å². The van der Waals surface area contributed by atoms with Crippen LogP contribution in [0.15, 0.2) is 24.3 Å². The molecule has 6 heteroatoms. The summed E-state index contributed by atoms with van der Waals surface area (Å²) in [6.07, 6.45) is 77.9. The van der Waals surface area contributed by atoms with Crippen LogP contribution in [0, 0.1) is 0 Å². The minimum atomic E-state index is -0.660. The van der Waals surface area contributed by atoms with Crippen LogP contribution in [-0.2, 0) is 14.3 Å². The maximum atomic E-state index is 12.5. The number of esters is 1. The van der Waals surface area contributed by atoms with Crippen molar-refractivity contribution in [2.45, 2.75) is 379 Å². The van der Waals surface area contributed by atoms with E-state index in [0.29, 0.717) is 25.9 Å². The normalized spacial score (nSPS) is 12.7. The van der Waals surface area contributed by atoms with Crippen LogP contribution in [0.4, 0.5) is 0 Å². The first kappa shape index (κ1) is 71.3. The number of carbonyl (C=O) groups is 2. The Morgan fingerprint density at radius 3 is 1.07 bits per heavy atom. The van der Waals surface area contributed by atoms with Crippen LogP contribution in [0.2, 0.25) is 0 Å². The summed E-state index contributed by atoms with van der Waals surface area (Å²) in [6.45, 7) is 4.94. The molecule has 0 aromatic carbocycles. The zero-order chi connectivity index (χ0) is 52.9. The van der Waals surface area contributed by atoms with Gasteiger partial charge in [-0.2, -0.15) is 0 Å². The summed E-state index contributed by atoms with van der Waals surface area (Å²) in [5.41, 5.74) is 0. The van der Waals surface area contributed by atoms with Crippen LogP contribution >= 0.6 is 0 Å². The fourth-order valence-corrected chi connectivity index (χ4v) is 10.4. The van der Waals surface area contributed by atoms with E-state index in [4.69, 9.17) is 4.74 Å². The van der Waals surface area contributed by atoms with E-state index in [2.05, 4.69) is 43.5 Å². The van der Waals surface area contributed by atoms with Gasteiger partial charge in [-0.3, -0.25) is 9.59 Å². The Kier molecular flexibility index (Phi) is 61.4. The van der Waals surface area contributed by atoms with Gasteiger partial charge in [0, 0.05) is 12.8 Å². The molecule has 0 aliphatic rings. The van der Waals surface area contributed by atoms with Gasteiger partial charge in [-0.05, 0) is 57.8 Å². The Balaban J connectivity index is 3.31. The van der Waals surface area contributed by atoms with Crippen molar-refractivity contribution in [2.75, 3.05) is 13.2 Å². The summed E-state index contributed by atoms with van der Waals surface area (Å²) in [5.74, 6) is -0.0199. The second kappa shape index (κ2) is 62.9. The molecule has 6 nitrogen and oxygen atoms in total. The Morgan fingerprint density at radius 2 is 0.685 bits per heavy atom. The molecule has 0 heterocycles. The lowest BCUT2D eigenvalue weighted by molar-refractivity contribution is -0.143. The first-order valence-electron chi connectivity index (χ1n) is 33.1. The van der Waals surface area contributed by atoms with E-state index in [1.165, 1.54) is 283 Å². The first-order chi connectivity index (χ1) is 36.0. The van der Waals surface area contributed by atoms with Gasteiger partial charge in [-0.25, -0.2) is 0 Å². The molecular weight excluding hydrogens is 899 g/mol. The summed E-state index contributed by atoms with van der Waals surface area (Å²) >= 11 is 0. The van der Waals surface area contributed by atoms with Gasteiger partial charge in [0.05, 0.1) is 25.4 Å². The monoisotopic (exact) mass is 1030 g/mol. The molecule has 0 saturated heterocycles. The number of nitrogens with one attached hydrogen (secondary N) is 1. The molecule has 0 aromatic heterocycles. The number of hydrogen-bond donors (Lipinski definition) is 3. The Hall–Kier alpha value is -1.66. The van der Waals surface area contributed by atoms with Gasteiger partial charge in [-0.15, -0.1) is 0 Å². The summed E-state index contributed by atoms with van der Waals surface area (Å²) < 4.78 is 5.50. The molecule has 2 unspecified atom stereocenters. The van der Waals surface area contributed by atoms with Gasteiger partial charge in [0.15, 0.2) is 0 Å². The van der Waals surface area contributed by atoms with Crippen LogP contribution in [0.25, 0.3) is 0 Å². The molecule has 0 bridgehead atoms. The van der Waals surface area contributed by atoms with Gasteiger partial charge in [0.25, 0.3) is 0 Å². The van der Waals surface area contributed by atoms with E-state index in [0.717, 1.165) is 51.4 Å². The van der Waals surface area contributed by atoms with Crippen molar-refractivity contribution in [3.05, 3.63) is 24.3 Å². The summed E-state index contributed by atoms with van der Waals surface area (Å²) in [6, 6.07) is -0.537. The van der Waals surface area contributed by atoms with Crippen LogP contribution in [0.5, 0.6) is 0 Å². The third-order valence-corrected chi connectivity index (χ3v) is 15.5. The summed E-state index contributed by atoms with van der Waals surface area (Å²) in [4.78, 5) is 24.5. The summed E-state index contributed by atoms with van der Waals surface area (Å²) in [7, 11) is 0. The number of allylic oxidation sites excluding steroid dienone is 4. The van der Waals surface area contributed by atoms with Crippen LogP contribution < -0.4 is 5.32 Å². The zero-order valence-electron chi connectivity index (χ0n) is 49.4. The molecule has 0 radical (unpaired) electrons. The third kappa shape index (κ3) is 59.4. The minimum absolute atomic E-state index is 0.0114. The van der Waals surface area contributed by atoms with Crippen molar-refractivity contribution >= 4 is 11.9 Å². The number of aliphatic hydroxyl groups excluding tert-OH is 2. The molecule has 0 aromatic rings. The molecule has 0 rings (SSSR count). The van der Waals surface area contributed by atoms with Crippen molar-refractivity contribution in [1.29, 1.82) is 0 Å². The van der Waals surface area contributed by atoms with Crippen molar-refractivity contribution in [1.82, 2.24) is 5.32 Å². The minimum Gasteiger partial charge on any atom is -0.466 e. The standard InChI is InChI=1S/C67H129NO5/c1-3-5-7-9-11-13-15-16-17-30-34-37-41-45-49-53-57-61-67(72)73-62-58-54-50-46-42-38-35-32-29-27-25-23-21-19-18-20-22-24-26-28-31-33-36-40-44-48-52-56-60-66(71)68-64(63-69)65(70)59-55-51-47-43-39-14-12-10-8-6-4-2/h11,13,16-17,64-65,69-70H,3-10,12,14-15,18-63H2,1-2H3,(H,68,71)/b13-11-,17-16-. The average molecular weight is 1030 g/mol. The lowest BCUT2D eigenvalue weighted by Gasteiger charge is -2.22. The van der Waals surface area contributed by atoms with E-state index >= 15 is 0 Å². The number of amides is 1. The van der Waals surface area contributed by atoms with Gasteiger partial charge < -0.3 is 20.3 Å². The maximum Gasteiger partial charge on any atom is 0.305 e. The Labute approximate surface area is 456 Å². The highest BCUT2D eigenvalue weighted by atomic mass is 16.5. The second-order valence-corrected chi connectivity index (χ2v) is 22.8. The molecule has 0 saturated carbocycles. The second-order valence-electron chi connectivity index (χ2n) is 22.8. The van der Waals surface area contributed by atoms with Crippen molar-refractivity contribution in [3.8, 4) is 0 Å². The highest BCUT2D eigenvalue weighted by Gasteiger charge is 2.20. The molecule has 2 atom stereocenters. The van der Waals surface area contributed by atoms with Crippen LogP contribution in [-0.4, -0.2) is 47.4 Å². The van der Waals surface area contributed by atoms with Gasteiger partial charge in [0.1, 0.15) is 0 Å². The molecule has 3 N–H and O–H groups in total. The zero-order valence-corrected chi connectivity index (χ0v) is 49.4. The largest absolute Gasteiger partial charge is 0.466 e. The number of rotatable bonds is 62. The van der Waals surface area contributed by atoms with Gasteiger partial charge >= 0.3 is 5.97 Å². The Morgan fingerprint density at radius 1 is 0.384 bits per heavy atom. The third-order valence-electron chi connectivity index (χ3n) is 15.5. The molecule has 1 amide bonds. The summed E-state index contributed by atoms with van der Waals surface area (Å²) in [5, 5.41) is 23.2. The number of carbonyl (C=O) groups excluding carboxylic acids is 2. The van der Waals surface area contributed by atoms with Gasteiger partial charge in [-0.1, -0.05) is 321 Å². The Bertz CT molecular complexity index is 1140. The molecule has 73 heavy (non-hydrogen) atoms. The van der Waals surface area contributed by atoms with Crippen LogP contribution in [0.3, 0.4) is 0 Å². The highest BCUT2D eigenvalue weighted by Crippen LogP contribution is 2.18. The molecule has 0 fully saturated rings. The van der Waals surface area contributed by atoms with E-state index in [1.54, 1.807) is 0 Å². The van der Waals surface area contributed by atoms with Crippen molar-refractivity contribution in [2.24, 2.45) is 0 Å². The number of hydrogen-bond acceptors (Lipinski definition) is 5. The number of ether oxygens (including phenoxy) is 1.